The van der Waals surface area contributed by atoms with Gasteiger partial charge >= 0.3 is 0 Å². The predicted octanol–water partition coefficient (Wildman–Crippen LogP) is -0.678. The zero-order valence-corrected chi connectivity index (χ0v) is 10.2. The monoisotopic (exact) mass is 242 g/mol. The summed E-state index contributed by atoms with van der Waals surface area (Å²) >= 11 is 0. The quantitative estimate of drug-likeness (QED) is 0.271. The van der Waals surface area contributed by atoms with Crippen LogP contribution in [0.15, 0.2) is 9.52 Å². The first-order chi connectivity index (χ1) is 8.15. The predicted molar refractivity (Wildman–Crippen MR) is 62.0 cm³/mol. The highest BCUT2D eigenvalue weighted by atomic mass is 16.5. The second-order valence-electron chi connectivity index (χ2n) is 3.54. The summed E-state index contributed by atoms with van der Waals surface area (Å²) in [5, 5.41) is 6.77. The first-order valence-electron chi connectivity index (χ1n) is 5.21. The molecule has 17 heavy (non-hydrogen) atoms. The largest absolute Gasteiger partial charge is 0.383 e. The van der Waals surface area contributed by atoms with E-state index in [1.165, 1.54) is 0 Å². The van der Waals surface area contributed by atoms with E-state index in [0.717, 1.165) is 0 Å². The van der Waals surface area contributed by atoms with Crippen LogP contribution in [-0.2, 0) is 11.3 Å². The van der Waals surface area contributed by atoms with Gasteiger partial charge in [0, 0.05) is 20.1 Å². The molecule has 1 atom stereocenters. The van der Waals surface area contributed by atoms with Crippen molar-refractivity contribution in [2.24, 2.45) is 10.8 Å². The molecule has 0 aliphatic carbocycles. The van der Waals surface area contributed by atoms with Crippen LogP contribution < -0.4 is 16.6 Å². The first-order valence-corrected chi connectivity index (χ1v) is 5.21. The van der Waals surface area contributed by atoms with Crippen LogP contribution in [0.25, 0.3) is 0 Å². The van der Waals surface area contributed by atoms with Crippen LogP contribution in [0, 0.1) is 6.92 Å². The van der Waals surface area contributed by atoms with Gasteiger partial charge in [-0.25, -0.2) is 10.8 Å². The number of methoxy groups -OCH3 is 1. The molecular weight excluding hydrogens is 224 g/mol. The Morgan fingerprint density at radius 1 is 1.65 bits per heavy atom. The molecule has 1 heterocycles. The van der Waals surface area contributed by atoms with Gasteiger partial charge in [0.25, 0.3) is 0 Å². The van der Waals surface area contributed by atoms with Crippen molar-refractivity contribution in [2.75, 3.05) is 13.7 Å². The molecule has 96 valence electrons. The van der Waals surface area contributed by atoms with E-state index < -0.39 is 0 Å². The van der Waals surface area contributed by atoms with Crippen LogP contribution >= 0.6 is 0 Å². The number of aryl methyl sites for hydroxylation is 1. The Morgan fingerprint density at radius 2 is 2.41 bits per heavy atom. The van der Waals surface area contributed by atoms with Crippen LogP contribution in [0.1, 0.15) is 18.6 Å². The van der Waals surface area contributed by atoms with E-state index in [4.69, 9.17) is 15.1 Å². The summed E-state index contributed by atoms with van der Waals surface area (Å²) in [5.41, 5.74) is 2.47. The van der Waals surface area contributed by atoms with Gasteiger partial charge in [0.1, 0.15) is 6.54 Å². The molecular formula is C9H18N6O2. The average Bonchev–Trinajstić information content (AvgIpc) is 2.70. The maximum Gasteiger partial charge on any atom is 0.223 e. The molecule has 1 unspecified atom stereocenters. The number of nitrogens with two attached hydrogens (primary N) is 1. The second-order valence-corrected chi connectivity index (χ2v) is 3.54. The first kappa shape index (κ1) is 13.4. The van der Waals surface area contributed by atoms with Crippen LogP contribution in [-0.4, -0.2) is 35.9 Å². The summed E-state index contributed by atoms with van der Waals surface area (Å²) < 4.78 is 9.82. The van der Waals surface area contributed by atoms with Crippen molar-refractivity contribution in [3.8, 4) is 0 Å². The van der Waals surface area contributed by atoms with Crippen LogP contribution in [0.2, 0.25) is 0 Å². The molecule has 0 spiro atoms. The molecule has 0 bridgehead atoms. The van der Waals surface area contributed by atoms with Gasteiger partial charge in [-0.05, 0) is 6.92 Å². The second kappa shape index (κ2) is 6.81. The lowest BCUT2D eigenvalue weighted by molar-refractivity contribution is 0.179. The van der Waals surface area contributed by atoms with Gasteiger partial charge in [-0.2, -0.15) is 4.98 Å². The molecule has 0 radical (unpaired) electrons. The molecule has 0 saturated carbocycles. The van der Waals surface area contributed by atoms with Gasteiger partial charge in [-0.1, -0.05) is 5.16 Å². The Balaban J connectivity index is 2.49. The van der Waals surface area contributed by atoms with E-state index in [2.05, 4.69) is 25.9 Å². The topological polar surface area (TPSA) is 111 Å². The normalized spacial score (nSPS) is 13.5. The number of guanidine groups is 1. The number of hydrogen-bond donors (Lipinski definition) is 3. The van der Waals surface area contributed by atoms with Gasteiger partial charge in [0.05, 0.1) is 6.61 Å². The van der Waals surface area contributed by atoms with E-state index in [0.29, 0.717) is 30.8 Å². The molecule has 1 rings (SSSR count). The molecule has 0 aromatic carbocycles. The maximum absolute atomic E-state index is 5.34. The van der Waals surface area contributed by atoms with Gasteiger partial charge in [0.15, 0.2) is 5.82 Å². The Kier molecular flexibility index (Phi) is 5.37. The van der Waals surface area contributed by atoms with Crippen molar-refractivity contribution >= 4 is 5.96 Å². The van der Waals surface area contributed by atoms with Gasteiger partial charge < -0.3 is 14.6 Å². The Labute approximate surface area is 99.6 Å². The average molecular weight is 242 g/mol. The minimum atomic E-state index is 0.0989. The molecule has 0 aliphatic heterocycles. The van der Waals surface area contributed by atoms with Crippen molar-refractivity contribution in [1.82, 2.24) is 20.9 Å². The van der Waals surface area contributed by atoms with E-state index >= 15 is 0 Å². The van der Waals surface area contributed by atoms with Gasteiger partial charge in [-0.15, -0.1) is 0 Å². The highest BCUT2D eigenvalue weighted by molar-refractivity contribution is 5.79. The third kappa shape index (κ3) is 4.79. The highest BCUT2D eigenvalue weighted by Gasteiger charge is 2.05. The lowest BCUT2D eigenvalue weighted by atomic mass is 10.4. The number of nitrogens with zero attached hydrogens (tertiary/aromatic N) is 3. The van der Waals surface area contributed by atoms with Crippen LogP contribution in [0.4, 0.5) is 0 Å². The fraction of sp³-hybridized carbons (Fsp3) is 0.667. The fourth-order valence-electron chi connectivity index (χ4n) is 1.21. The molecule has 1 aromatic rings. The fourth-order valence-corrected chi connectivity index (χ4v) is 1.21. The van der Waals surface area contributed by atoms with Crippen molar-refractivity contribution in [1.29, 1.82) is 0 Å². The summed E-state index contributed by atoms with van der Waals surface area (Å²) in [6.07, 6.45) is 0. The smallest absolute Gasteiger partial charge is 0.223 e. The Bertz CT molecular complexity index is 364. The molecule has 0 fully saturated rings. The van der Waals surface area contributed by atoms with Crippen molar-refractivity contribution in [3.05, 3.63) is 11.7 Å². The van der Waals surface area contributed by atoms with Crippen molar-refractivity contribution < 1.29 is 9.26 Å². The van der Waals surface area contributed by atoms with E-state index in [-0.39, 0.29) is 6.04 Å². The number of hydrazine groups is 1. The SMILES string of the molecule is COCC(C)NC(=NCc1noc(C)n1)NN. The number of aromatic nitrogens is 2. The van der Waals surface area contributed by atoms with Gasteiger partial charge in [0.2, 0.25) is 11.9 Å². The lowest BCUT2D eigenvalue weighted by Gasteiger charge is -2.15. The van der Waals surface area contributed by atoms with Gasteiger partial charge in [-0.3, -0.25) is 5.43 Å². The number of aliphatic imine (C=N–C) groups is 1. The summed E-state index contributed by atoms with van der Waals surface area (Å²) in [6, 6.07) is 0.0989. The summed E-state index contributed by atoms with van der Waals surface area (Å²) in [7, 11) is 1.63. The Hall–Kier alpha value is -1.67. The summed E-state index contributed by atoms with van der Waals surface area (Å²) in [5.74, 6) is 6.82. The standard InChI is InChI=1S/C9H18N6O2/c1-6(5-16-3)12-9(14-10)11-4-8-13-7(2)17-15-8/h6H,4-5,10H2,1-3H3,(H2,11,12,14). The highest BCUT2D eigenvalue weighted by Crippen LogP contribution is 1.96. The lowest BCUT2D eigenvalue weighted by Crippen LogP contribution is -2.46. The maximum atomic E-state index is 5.34. The molecule has 0 saturated heterocycles. The van der Waals surface area contributed by atoms with Crippen LogP contribution in [0.3, 0.4) is 0 Å². The molecule has 8 nitrogen and oxygen atoms in total. The van der Waals surface area contributed by atoms with Crippen molar-refractivity contribution in [2.45, 2.75) is 26.4 Å². The third-order valence-electron chi connectivity index (χ3n) is 1.88. The zero-order valence-electron chi connectivity index (χ0n) is 10.2. The third-order valence-corrected chi connectivity index (χ3v) is 1.88. The summed E-state index contributed by atoms with van der Waals surface area (Å²) in [6.45, 7) is 4.53. The molecule has 4 N–H and O–H groups in total. The Morgan fingerprint density at radius 3 is 2.94 bits per heavy atom. The zero-order chi connectivity index (χ0) is 12.7. The molecule has 1 aromatic heterocycles. The van der Waals surface area contributed by atoms with E-state index in [1.54, 1.807) is 14.0 Å². The number of hydrogen-bond acceptors (Lipinski definition) is 6. The minimum absolute atomic E-state index is 0.0989. The molecule has 8 heteroatoms. The van der Waals surface area contributed by atoms with E-state index in [9.17, 15) is 0 Å². The number of rotatable bonds is 5. The molecule has 0 aliphatic rings. The van der Waals surface area contributed by atoms with Crippen molar-refractivity contribution in [3.63, 3.8) is 0 Å². The number of ether oxygens (including phenoxy) is 1. The minimum Gasteiger partial charge on any atom is -0.383 e. The number of nitrogens with one attached hydrogen (secondary N) is 2. The summed E-state index contributed by atoms with van der Waals surface area (Å²) in [4.78, 5) is 8.20. The van der Waals surface area contributed by atoms with E-state index in [1.807, 2.05) is 6.92 Å². The molecule has 0 amide bonds. The van der Waals surface area contributed by atoms with Crippen LogP contribution in [0.5, 0.6) is 0 Å².